The van der Waals surface area contributed by atoms with E-state index in [1.54, 1.807) is 0 Å². The third kappa shape index (κ3) is 18.2. The van der Waals surface area contributed by atoms with Crippen LogP contribution in [-0.4, -0.2) is 59.3 Å². The number of carbonyl (C=O) groups excluding carboxylic acids is 1. The first kappa shape index (κ1) is 30.6. The first-order valence-corrected chi connectivity index (χ1v) is 11.5. The first-order chi connectivity index (χ1) is 15.3. The molecule has 8 heteroatoms. The van der Waals surface area contributed by atoms with Crippen LogP contribution < -0.4 is 10.5 Å². The van der Waals surface area contributed by atoms with Gasteiger partial charge in [-0.05, 0) is 49.8 Å². The van der Waals surface area contributed by atoms with Crippen LogP contribution in [0.2, 0.25) is 0 Å². The smallest absolute Gasteiger partial charge is 0.305 e. The summed E-state index contributed by atoms with van der Waals surface area (Å²) in [6.07, 6.45) is 7.63. The number of hydrogen-bond acceptors (Lipinski definition) is 7. The van der Waals surface area contributed by atoms with Crippen molar-refractivity contribution < 1.29 is 28.5 Å². The highest BCUT2D eigenvalue weighted by molar-refractivity contribution is 5.85. The van der Waals surface area contributed by atoms with Crippen LogP contribution in [0.3, 0.4) is 0 Å². The van der Waals surface area contributed by atoms with Gasteiger partial charge in [-0.3, -0.25) is 4.79 Å². The molecule has 0 unspecified atom stereocenters. The molecule has 1 rings (SSSR count). The number of unbranched alkanes of at least 4 members (excludes halogenated alkanes) is 5. The number of hydrogen-bond donors (Lipinski definition) is 1. The predicted molar refractivity (Wildman–Crippen MR) is 128 cm³/mol. The highest BCUT2D eigenvalue weighted by Crippen LogP contribution is 2.13. The summed E-state index contributed by atoms with van der Waals surface area (Å²) in [5, 5.41) is 0. The summed E-state index contributed by atoms with van der Waals surface area (Å²) in [7, 11) is 1.42. The van der Waals surface area contributed by atoms with E-state index >= 15 is 0 Å². The second kappa shape index (κ2) is 22.8. The Morgan fingerprint density at radius 1 is 0.781 bits per heavy atom. The highest BCUT2D eigenvalue weighted by Gasteiger charge is 1.99. The fourth-order valence-corrected chi connectivity index (χ4v) is 2.91. The number of halogens is 1. The van der Waals surface area contributed by atoms with E-state index in [1.807, 2.05) is 24.3 Å². The summed E-state index contributed by atoms with van der Waals surface area (Å²) in [6.45, 7) is 5.13. The minimum atomic E-state index is -0.146. The van der Waals surface area contributed by atoms with Crippen molar-refractivity contribution in [3.05, 3.63) is 29.8 Å². The second-order valence-corrected chi connectivity index (χ2v) is 7.34. The van der Waals surface area contributed by atoms with Crippen molar-refractivity contribution in [2.75, 3.05) is 53.4 Å². The van der Waals surface area contributed by atoms with Crippen molar-refractivity contribution >= 4 is 18.4 Å². The molecule has 1 aromatic carbocycles. The first-order valence-electron chi connectivity index (χ1n) is 11.5. The van der Waals surface area contributed by atoms with Crippen molar-refractivity contribution in [1.82, 2.24) is 0 Å². The zero-order valence-corrected chi connectivity index (χ0v) is 20.4. The Kier molecular flexibility index (Phi) is 21.8. The highest BCUT2D eigenvalue weighted by atomic mass is 35.5. The largest absolute Gasteiger partial charge is 0.494 e. The molecule has 0 aromatic heterocycles. The summed E-state index contributed by atoms with van der Waals surface area (Å²) in [4.78, 5) is 11.0. The van der Waals surface area contributed by atoms with Crippen LogP contribution >= 0.6 is 12.4 Å². The molecule has 32 heavy (non-hydrogen) atoms. The van der Waals surface area contributed by atoms with Gasteiger partial charge in [0.1, 0.15) is 5.75 Å². The molecule has 7 nitrogen and oxygen atoms in total. The van der Waals surface area contributed by atoms with Crippen LogP contribution in [-0.2, 0) is 30.3 Å². The molecular weight excluding hydrogens is 434 g/mol. The maximum atomic E-state index is 11.0. The molecule has 0 saturated carbocycles. The van der Waals surface area contributed by atoms with Crippen LogP contribution in [0.1, 0.15) is 56.9 Å². The molecule has 0 spiro atoms. The van der Waals surface area contributed by atoms with Crippen molar-refractivity contribution in [2.45, 2.75) is 57.9 Å². The summed E-state index contributed by atoms with van der Waals surface area (Å²) in [6, 6.07) is 7.95. The number of nitrogens with two attached hydrogens (primary N) is 1. The summed E-state index contributed by atoms with van der Waals surface area (Å²) >= 11 is 0. The van der Waals surface area contributed by atoms with Crippen LogP contribution in [0, 0.1) is 0 Å². The van der Waals surface area contributed by atoms with Crippen LogP contribution in [0.25, 0.3) is 0 Å². The Labute approximate surface area is 199 Å². The van der Waals surface area contributed by atoms with Gasteiger partial charge in [-0.25, -0.2) is 0 Å². The van der Waals surface area contributed by atoms with Gasteiger partial charge in [-0.15, -0.1) is 12.4 Å². The number of carbonyl (C=O) groups is 1. The molecule has 0 radical (unpaired) electrons. The molecule has 0 heterocycles. The second-order valence-electron chi connectivity index (χ2n) is 7.34. The molecule has 2 N–H and O–H groups in total. The third-order valence-corrected chi connectivity index (χ3v) is 4.73. The summed E-state index contributed by atoms with van der Waals surface area (Å²) in [5.74, 6) is 0.749. The number of rotatable bonds is 21. The fraction of sp³-hybridized carbons (Fsp3) is 0.708. The average molecular weight is 476 g/mol. The molecule has 186 valence electrons. The van der Waals surface area contributed by atoms with E-state index in [4.69, 9.17) is 24.7 Å². The fourth-order valence-electron chi connectivity index (χ4n) is 2.91. The Balaban J connectivity index is 0.00000961. The van der Waals surface area contributed by atoms with Gasteiger partial charge in [-0.2, -0.15) is 0 Å². The van der Waals surface area contributed by atoms with Crippen LogP contribution in [0.5, 0.6) is 5.75 Å². The van der Waals surface area contributed by atoms with E-state index in [1.165, 1.54) is 7.11 Å². The van der Waals surface area contributed by atoms with Gasteiger partial charge in [-0.1, -0.05) is 25.0 Å². The number of methoxy groups -OCH3 is 1. The van der Waals surface area contributed by atoms with E-state index in [0.717, 1.165) is 69.5 Å². The Bertz CT molecular complexity index is 561. The Hall–Kier alpha value is -1.38. The Morgan fingerprint density at radius 3 is 1.94 bits per heavy atom. The predicted octanol–water partition coefficient (Wildman–Crippen LogP) is 4.29. The quantitative estimate of drug-likeness (QED) is 0.209. The van der Waals surface area contributed by atoms with Crippen molar-refractivity contribution in [2.24, 2.45) is 5.73 Å². The molecule has 0 bridgehead atoms. The topological polar surface area (TPSA) is 89.2 Å². The summed E-state index contributed by atoms with van der Waals surface area (Å²) in [5.41, 5.74) is 6.73. The molecule has 0 aliphatic rings. The van der Waals surface area contributed by atoms with E-state index in [2.05, 4.69) is 4.74 Å². The molecule has 0 atom stereocenters. The van der Waals surface area contributed by atoms with Gasteiger partial charge >= 0.3 is 5.97 Å². The number of esters is 1. The minimum absolute atomic E-state index is 0. The van der Waals surface area contributed by atoms with E-state index in [-0.39, 0.29) is 18.4 Å². The number of ether oxygens (including phenoxy) is 5. The van der Waals surface area contributed by atoms with Crippen LogP contribution in [0.15, 0.2) is 24.3 Å². The van der Waals surface area contributed by atoms with E-state index in [0.29, 0.717) is 46.0 Å². The normalized spacial score (nSPS) is 10.6. The van der Waals surface area contributed by atoms with Gasteiger partial charge in [0, 0.05) is 26.2 Å². The average Bonchev–Trinajstić information content (AvgIpc) is 2.80. The zero-order chi connectivity index (χ0) is 22.4. The molecule has 0 fully saturated rings. The van der Waals surface area contributed by atoms with Crippen molar-refractivity contribution in [3.8, 4) is 5.75 Å². The van der Waals surface area contributed by atoms with Gasteiger partial charge in [0.15, 0.2) is 0 Å². The molecular formula is C24H42ClNO6. The maximum Gasteiger partial charge on any atom is 0.305 e. The van der Waals surface area contributed by atoms with Crippen molar-refractivity contribution in [3.63, 3.8) is 0 Å². The minimum Gasteiger partial charge on any atom is -0.494 e. The lowest BCUT2D eigenvalue weighted by Crippen LogP contribution is -2.10. The lowest BCUT2D eigenvalue weighted by Gasteiger charge is -2.08. The van der Waals surface area contributed by atoms with Gasteiger partial charge in [0.2, 0.25) is 0 Å². The SMILES string of the molecule is COC(=O)CCCCCOCCOCCOCCCCCCOc1cccc(CN)c1.Cl. The third-order valence-electron chi connectivity index (χ3n) is 4.73. The molecule has 0 saturated heterocycles. The molecule has 0 aliphatic heterocycles. The standard InChI is InChI=1S/C24H41NO6.ClH/c1-27-24(26)12-5-4-7-14-29-17-19-30-18-16-28-13-6-2-3-8-15-31-23-11-9-10-22(20-23)21-25;/h9-11,20H,2-8,12-19,21,25H2,1H3;1H. The zero-order valence-electron chi connectivity index (χ0n) is 19.6. The van der Waals surface area contributed by atoms with Gasteiger partial charge in [0.25, 0.3) is 0 Å². The summed E-state index contributed by atoms with van der Waals surface area (Å²) < 4.78 is 26.9. The van der Waals surface area contributed by atoms with Gasteiger partial charge in [0.05, 0.1) is 40.1 Å². The number of benzene rings is 1. The Morgan fingerprint density at radius 2 is 1.34 bits per heavy atom. The van der Waals surface area contributed by atoms with Crippen molar-refractivity contribution in [1.29, 1.82) is 0 Å². The van der Waals surface area contributed by atoms with E-state index in [9.17, 15) is 4.79 Å². The monoisotopic (exact) mass is 475 g/mol. The molecule has 0 amide bonds. The van der Waals surface area contributed by atoms with Gasteiger partial charge < -0.3 is 29.4 Å². The van der Waals surface area contributed by atoms with E-state index < -0.39 is 0 Å². The molecule has 0 aliphatic carbocycles. The molecule has 1 aromatic rings. The maximum absolute atomic E-state index is 11.0. The lowest BCUT2D eigenvalue weighted by atomic mass is 10.2. The lowest BCUT2D eigenvalue weighted by molar-refractivity contribution is -0.140. The van der Waals surface area contributed by atoms with Crippen LogP contribution in [0.4, 0.5) is 0 Å².